The molecule has 5 rings (SSSR count). The Labute approximate surface area is 231 Å². The Morgan fingerprint density at radius 2 is 1.98 bits per heavy atom. The number of hydrogen-bond donors (Lipinski definition) is 1. The van der Waals surface area contributed by atoms with Crippen molar-refractivity contribution in [2.75, 3.05) is 32.5 Å². The van der Waals surface area contributed by atoms with Gasteiger partial charge in [0.15, 0.2) is 0 Å². The van der Waals surface area contributed by atoms with Crippen LogP contribution in [-0.4, -0.2) is 60.1 Å². The molecule has 0 saturated carbocycles. The van der Waals surface area contributed by atoms with E-state index in [2.05, 4.69) is 32.0 Å². The Morgan fingerprint density at radius 1 is 1.15 bits per heavy atom. The maximum atomic E-state index is 14.0. The van der Waals surface area contributed by atoms with E-state index in [1.807, 2.05) is 32.0 Å². The number of aryl methyl sites for hydroxylation is 1. The van der Waals surface area contributed by atoms with Crippen LogP contribution in [0.25, 0.3) is 0 Å². The van der Waals surface area contributed by atoms with Gasteiger partial charge in [-0.25, -0.2) is 0 Å². The SMILES string of the molecule is Cc1ccc(C(=O)Nc2ccc(CN3CC[C@@H](N(C)C)C3)c(C(F)(F)F)c2)cc1C#Cc1cnc2c(c1)C=NC2. The van der Waals surface area contributed by atoms with Gasteiger partial charge in [0, 0.05) is 66.0 Å². The van der Waals surface area contributed by atoms with E-state index in [-0.39, 0.29) is 17.8 Å². The van der Waals surface area contributed by atoms with Crippen molar-refractivity contribution < 1.29 is 18.0 Å². The van der Waals surface area contributed by atoms with Crippen LogP contribution in [0.15, 0.2) is 53.7 Å². The van der Waals surface area contributed by atoms with Crippen molar-refractivity contribution >= 4 is 17.8 Å². The monoisotopic (exact) mass is 545 g/mol. The Kier molecular flexibility index (Phi) is 7.74. The van der Waals surface area contributed by atoms with E-state index >= 15 is 0 Å². The Morgan fingerprint density at radius 3 is 2.73 bits per heavy atom. The van der Waals surface area contributed by atoms with Crippen molar-refractivity contribution in [2.24, 2.45) is 4.99 Å². The molecule has 1 atom stereocenters. The number of rotatable bonds is 5. The minimum Gasteiger partial charge on any atom is -0.322 e. The van der Waals surface area contributed by atoms with Gasteiger partial charge in [-0.1, -0.05) is 24.0 Å². The number of likely N-dealkylation sites (tertiary alicyclic amines) is 1. The van der Waals surface area contributed by atoms with Gasteiger partial charge in [0.2, 0.25) is 0 Å². The van der Waals surface area contributed by atoms with Crippen molar-refractivity contribution in [1.29, 1.82) is 0 Å². The van der Waals surface area contributed by atoms with Gasteiger partial charge in [-0.15, -0.1) is 0 Å². The standard InChI is InChI=1S/C31H30F3N5O/c1-20-4-6-23(13-22(20)7-5-21-12-25-16-35-17-29(25)36-15-21)30(40)37-26-9-8-24(28(14-26)31(32,33)34)18-39-11-10-27(19-39)38(2)3/h4,6,8-9,12-16,27H,10-11,17-19H2,1-3H3,(H,37,40)/t27-/m1/s1. The van der Waals surface area contributed by atoms with Crippen LogP contribution in [0.3, 0.4) is 0 Å². The van der Waals surface area contributed by atoms with Gasteiger partial charge in [-0.3, -0.25) is 19.7 Å². The third-order valence-electron chi connectivity index (χ3n) is 7.36. The van der Waals surface area contributed by atoms with Gasteiger partial charge in [0.1, 0.15) is 0 Å². The number of carbonyl (C=O) groups is 1. The first-order valence-corrected chi connectivity index (χ1v) is 13.1. The lowest BCUT2D eigenvalue weighted by atomic mass is 10.0. The van der Waals surface area contributed by atoms with Gasteiger partial charge in [0.05, 0.1) is 17.8 Å². The topological polar surface area (TPSA) is 60.8 Å². The van der Waals surface area contributed by atoms with Crippen molar-refractivity contribution in [3.8, 4) is 11.8 Å². The van der Waals surface area contributed by atoms with E-state index in [1.54, 1.807) is 30.6 Å². The highest BCUT2D eigenvalue weighted by molar-refractivity contribution is 6.04. The fraction of sp³-hybridized carbons (Fsp3) is 0.323. The molecule has 1 aromatic heterocycles. The van der Waals surface area contributed by atoms with E-state index in [0.29, 0.717) is 23.7 Å². The average Bonchev–Trinajstić information content (AvgIpc) is 3.58. The maximum Gasteiger partial charge on any atom is 0.416 e. The lowest BCUT2D eigenvalue weighted by Gasteiger charge is -2.22. The largest absolute Gasteiger partial charge is 0.416 e. The number of aromatic nitrogens is 1. The molecule has 1 N–H and O–H groups in total. The fourth-order valence-corrected chi connectivity index (χ4v) is 4.97. The highest BCUT2D eigenvalue weighted by atomic mass is 19.4. The first-order valence-electron chi connectivity index (χ1n) is 13.1. The zero-order chi connectivity index (χ0) is 28.4. The highest BCUT2D eigenvalue weighted by Gasteiger charge is 2.35. The molecule has 0 spiro atoms. The number of nitrogens with one attached hydrogen (secondary N) is 1. The van der Waals surface area contributed by atoms with E-state index in [9.17, 15) is 18.0 Å². The Balaban J connectivity index is 1.32. The highest BCUT2D eigenvalue weighted by Crippen LogP contribution is 2.35. The number of nitrogens with zero attached hydrogens (tertiary/aromatic N) is 4. The number of halogens is 3. The molecule has 1 saturated heterocycles. The molecular weight excluding hydrogens is 515 g/mol. The Bertz CT molecular complexity index is 1530. The van der Waals surface area contributed by atoms with Gasteiger partial charge in [-0.05, 0) is 68.9 Å². The van der Waals surface area contributed by atoms with Crippen molar-refractivity contribution in [1.82, 2.24) is 14.8 Å². The first kappa shape index (κ1) is 27.6. The molecule has 1 fully saturated rings. The molecular formula is C31H30F3N5O. The van der Waals surface area contributed by atoms with Crippen LogP contribution in [0.1, 0.15) is 55.9 Å². The average molecular weight is 546 g/mol. The zero-order valence-corrected chi connectivity index (χ0v) is 22.6. The summed E-state index contributed by atoms with van der Waals surface area (Å²) in [6, 6.07) is 11.3. The van der Waals surface area contributed by atoms with E-state index < -0.39 is 17.6 Å². The van der Waals surface area contributed by atoms with Gasteiger partial charge < -0.3 is 10.2 Å². The summed E-state index contributed by atoms with van der Waals surface area (Å²) in [7, 11) is 3.97. The predicted molar refractivity (Wildman–Crippen MR) is 149 cm³/mol. The molecule has 206 valence electrons. The number of carbonyl (C=O) groups excluding carboxylic acids is 1. The molecule has 0 aliphatic carbocycles. The summed E-state index contributed by atoms with van der Waals surface area (Å²) in [5.41, 5.74) is 3.97. The van der Waals surface area contributed by atoms with Crippen molar-refractivity contribution in [3.63, 3.8) is 0 Å². The maximum absolute atomic E-state index is 14.0. The summed E-state index contributed by atoms with van der Waals surface area (Å²) in [6.45, 7) is 4.13. The number of benzene rings is 2. The van der Waals surface area contributed by atoms with Crippen LogP contribution >= 0.6 is 0 Å². The van der Waals surface area contributed by atoms with Crippen LogP contribution in [-0.2, 0) is 19.3 Å². The Hall–Kier alpha value is -4.00. The number of hydrogen-bond acceptors (Lipinski definition) is 5. The van der Waals surface area contributed by atoms with Crippen molar-refractivity contribution in [3.05, 3.63) is 93.3 Å². The smallest absolute Gasteiger partial charge is 0.322 e. The molecule has 2 aromatic carbocycles. The minimum atomic E-state index is -4.54. The van der Waals surface area contributed by atoms with Crippen LogP contribution in [0.5, 0.6) is 0 Å². The number of likely N-dealkylation sites (N-methyl/N-ethyl adjacent to an activating group) is 1. The second-order valence-corrected chi connectivity index (χ2v) is 10.5. The molecule has 0 bridgehead atoms. The summed E-state index contributed by atoms with van der Waals surface area (Å²) in [6.07, 6.45) is -0.155. The normalized spacial score (nSPS) is 16.6. The second-order valence-electron chi connectivity index (χ2n) is 10.5. The molecule has 0 radical (unpaired) electrons. The fourth-order valence-electron chi connectivity index (χ4n) is 4.97. The van der Waals surface area contributed by atoms with Gasteiger partial charge >= 0.3 is 6.18 Å². The second kappa shape index (κ2) is 11.2. The number of amides is 1. The third kappa shape index (κ3) is 6.24. The first-order chi connectivity index (χ1) is 19.1. The predicted octanol–water partition coefficient (Wildman–Crippen LogP) is 5.13. The molecule has 0 unspecified atom stereocenters. The van der Waals surface area contributed by atoms with Crippen LogP contribution < -0.4 is 5.32 Å². The quantitative estimate of drug-likeness (QED) is 0.452. The summed E-state index contributed by atoms with van der Waals surface area (Å²) < 4.78 is 42.0. The molecule has 2 aliphatic rings. The van der Waals surface area contributed by atoms with E-state index in [4.69, 9.17) is 0 Å². The molecule has 1 amide bonds. The molecule has 40 heavy (non-hydrogen) atoms. The molecule has 3 aromatic rings. The summed E-state index contributed by atoms with van der Waals surface area (Å²) >= 11 is 0. The molecule has 2 aliphatic heterocycles. The van der Waals surface area contributed by atoms with Gasteiger partial charge in [-0.2, -0.15) is 13.2 Å². The summed E-state index contributed by atoms with van der Waals surface area (Å²) in [4.78, 5) is 25.7. The van der Waals surface area contributed by atoms with Gasteiger partial charge in [0.25, 0.3) is 5.91 Å². The van der Waals surface area contributed by atoms with E-state index in [1.165, 1.54) is 12.1 Å². The third-order valence-corrected chi connectivity index (χ3v) is 7.36. The minimum absolute atomic E-state index is 0.0905. The number of alkyl halides is 3. The zero-order valence-electron chi connectivity index (χ0n) is 22.6. The van der Waals surface area contributed by atoms with Crippen LogP contribution in [0.2, 0.25) is 0 Å². The number of aliphatic imine (C=N–C) groups is 1. The number of fused-ring (bicyclic) bond motifs is 1. The lowest BCUT2D eigenvalue weighted by Crippen LogP contribution is -2.31. The van der Waals surface area contributed by atoms with E-state index in [0.717, 1.165) is 48.0 Å². The number of anilines is 1. The number of pyridine rings is 1. The summed E-state index contributed by atoms with van der Waals surface area (Å²) in [5, 5.41) is 2.63. The van der Waals surface area contributed by atoms with Crippen LogP contribution in [0.4, 0.5) is 18.9 Å². The molecule has 9 heteroatoms. The molecule has 6 nitrogen and oxygen atoms in total. The van der Waals surface area contributed by atoms with Crippen LogP contribution in [0, 0.1) is 18.8 Å². The molecule has 3 heterocycles. The lowest BCUT2D eigenvalue weighted by molar-refractivity contribution is -0.138. The van der Waals surface area contributed by atoms with Crippen molar-refractivity contribution in [2.45, 2.75) is 38.7 Å². The summed E-state index contributed by atoms with van der Waals surface area (Å²) in [5.74, 6) is 5.66.